The van der Waals surface area contributed by atoms with Crippen molar-refractivity contribution in [2.75, 3.05) is 17.2 Å². The molecule has 0 spiro atoms. The van der Waals surface area contributed by atoms with E-state index in [0.717, 1.165) is 5.69 Å². The van der Waals surface area contributed by atoms with Gasteiger partial charge in [-0.3, -0.25) is 4.79 Å². The molecule has 2 rings (SSSR count). The molecule has 0 N–H and O–H groups in total. The monoisotopic (exact) mass is 331 g/mol. The molecule has 1 aromatic heterocycles. The van der Waals surface area contributed by atoms with Gasteiger partial charge in [-0.25, -0.2) is 4.98 Å². The van der Waals surface area contributed by atoms with Gasteiger partial charge in [0.1, 0.15) is 5.03 Å². The van der Waals surface area contributed by atoms with Crippen molar-refractivity contribution >= 4 is 35.0 Å². The minimum absolute atomic E-state index is 0.0758. The van der Waals surface area contributed by atoms with Crippen molar-refractivity contribution in [3.63, 3.8) is 0 Å². The topological polar surface area (TPSA) is 57.0 Å². The molecule has 0 saturated carbocycles. The summed E-state index contributed by atoms with van der Waals surface area (Å²) in [7, 11) is 0. The van der Waals surface area contributed by atoms with Crippen molar-refractivity contribution in [2.45, 2.75) is 11.4 Å². The third-order valence-electron chi connectivity index (χ3n) is 2.87. The summed E-state index contributed by atoms with van der Waals surface area (Å²) >= 11 is 7.33. The van der Waals surface area contributed by atoms with Crippen LogP contribution in [-0.2, 0) is 4.79 Å². The first-order valence-electron chi connectivity index (χ1n) is 6.68. The average Bonchev–Trinajstić information content (AvgIpc) is 2.55. The van der Waals surface area contributed by atoms with Gasteiger partial charge in [-0.05, 0) is 24.3 Å². The molecule has 0 fully saturated rings. The van der Waals surface area contributed by atoms with Crippen molar-refractivity contribution in [1.29, 1.82) is 5.26 Å². The van der Waals surface area contributed by atoms with Crippen LogP contribution in [0.15, 0.2) is 53.7 Å². The summed E-state index contributed by atoms with van der Waals surface area (Å²) in [4.78, 5) is 18.2. The number of aromatic nitrogens is 1. The molecule has 0 aliphatic carbocycles. The van der Waals surface area contributed by atoms with Gasteiger partial charge in [0.05, 0.1) is 23.3 Å². The fourth-order valence-electron chi connectivity index (χ4n) is 1.85. The number of thioether (sulfide) groups is 1. The molecule has 1 aromatic carbocycles. The molecule has 0 radical (unpaired) electrons. The van der Waals surface area contributed by atoms with E-state index in [1.165, 1.54) is 11.8 Å². The molecule has 0 aliphatic heterocycles. The molecule has 0 saturated heterocycles. The van der Waals surface area contributed by atoms with Crippen molar-refractivity contribution in [3.05, 3.63) is 53.7 Å². The molecular weight excluding hydrogens is 318 g/mol. The maximum Gasteiger partial charge on any atom is 0.237 e. The maximum atomic E-state index is 12.5. The van der Waals surface area contributed by atoms with Gasteiger partial charge >= 0.3 is 0 Å². The average molecular weight is 332 g/mol. The summed E-state index contributed by atoms with van der Waals surface area (Å²) in [5.41, 5.74) is 0.787. The Morgan fingerprint density at radius 1 is 1.27 bits per heavy atom. The number of pyridine rings is 1. The van der Waals surface area contributed by atoms with Gasteiger partial charge in [-0.2, -0.15) is 5.26 Å². The summed E-state index contributed by atoms with van der Waals surface area (Å²) in [5.74, 6) is 0.144. The molecule has 22 heavy (non-hydrogen) atoms. The Bertz CT molecular complexity index is 673. The standard InChI is InChI=1S/C16H14ClN3OS/c17-14-8-4-10-19-16(14)22-12-15(21)20(11-5-9-18)13-6-2-1-3-7-13/h1-4,6-8,10H,5,11-12H2. The number of halogens is 1. The van der Waals surface area contributed by atoms with Gasteiger partial charge < -0.3 is 4.90 Å². The van der Waals surface area contributed by atoms with Crippen LogP contribution in [-0.4, -0.2) is 23.2 Å². The van der Waals surface area contributed by atoms with E-state index in [1.807, 2.05) is 30.3 Å². The van der Waals surface area contributed by atoms with Gasteiger partial charge in [0.25, 0.3) is 0 Å². The number of nitrogens with zero attached hydrogens (tertiary/aromatic N) is 3. The van der Waals surface area contributed by atoms with Gasteiger partial charge in [0.15, 0.2) is 0 Å². The van der Waals surface area contributed by atoms with Crippen LogP contribution in [0.1, 0.15) is 6.42 Å². The Hall–Kier alpha value is -2.03. The number of carbonyl (C=O) groups excluding carboxylic acids is 1. The van der Waals surface area contributed by atoms with E-state index in [-0.39, 0.29) is 18.1 Å². The van der Waals surface area contributed by atoms with E-state index in [2.05, 4.69) is 11.1 Å². The van der Waals surface area contributed by atoms with Crippen molar-refractivity contribution in [3.8, 4) is 6.07 Å². The number of hydrogen-bond donors (Lipinski definition) is 0. The zero-order chi connectivity index (χ0) is 15.8. The van der Waals surface area contributed by atoms with Crippen LogP contribution >= 0.6 is 23.4 Å². The van der Waals surface area contributed by atoms with Crippen molar-refractivity contribution in [2.24, 2.45) is 0 Å². The lowest BCUT2D eigenvalue weighted by Crippen LogP contribution is -2.33. The molecule has 1 amide bonds. The molecule has 6 heteroatoms. The molecule has 1 heterocycles. The van der Waals surface area contributed by atoms with Crippen LogP contribution in [0.2, 0.25) is 5.02 Å². The smallest absolute Gasteiger partial charge is 0.237 e. The van der Waals surface area contributed by atoms with Gasteiger partial charge in [0.2, 0.25) is 5.91 Å². The lowest BCUT2D eigenvalue weighted by molar-refractivity contribution is -0.116. The molecule has 112 valence electrons. The number of nitriles is 1. The number of para-hydroxylation sites is 1. The largest absolute Gasteiger partial charge is 0.311 e. The molecule has 0 unspecified atom stereocenters. The fraction of sp³-hybridized carbons (Fsp3) is 0.188. The zero-order valence-electron chi connectivity index (χ0n) is 11.8. The highest BCUT2D eigenvalue weighted by Gasteiger charge is 2.16. The Morgan fingerprint density at radius 2 is 2.05 bits per heavy atom. The highest BCUT2D eigenvalue weighted by atomic mass is 35.5. The van der Waals surface area contributed by atoms with Crippen LogP contribution in [0, 0.1) is 11.3 Å². The third kappa shape index (κ3) is 4.48. The number of carbonyl (C=O) groups is 1. The molecule has 0 aliphatic rings. The van der Waals surface area contributed by atoms with Gasteiger partial charge in [-0.15, -0.1) is 0 Å². The number of rotatable bonds is 6. The van der Waals surface area contributed by atoms with E-state index in [9.17, 15) is 4.79 Å². The molecular formula is C16H14ClN3OS. The quantitative estimate of drug-likeness (QED) is 0.756. The number of anilines is 1. The summed E-state index contributed by atoms with van der Waals surface area (Å²) < 4.78 is 0. The second kappa shape index (κ2) is 8.42. The van der Waals surface area contributed by atoms with Crippen LogP contribution in [0.4, 0.5) is 5.69 Å². The minimum atomic E-state index is -0.0758. The minimum Gasteiger partial charge on any atom is -0.311 e. The second-order valence-electron chi connectivity index (χ2n) is 4.37. The third-order valence-corrected chi connectivity index (χ3v) is 4.28. The molecule has 0 atom stereocenters. The number of hydrogen-bond acceptors (Lipinski definition) is 4. The fourth-order valence-corrected chi connectivity index (χ4v) is 2.90. The van der Waals surface area contributed by atoms with Crippen molar-refractivity contribution < 1.29 is 4.79 Å². The normalized spacial score (nSPS) is 10.0. The lowest BCUT2D eigenvalue weighted by Gasteiger charge is -2.21. The first kappa shape index (κ1) is 16.3. The van der Waals surface area contributed by atoms with Crippen LogP contribution in [0.25, 0.3) is 0 Å². The summed E-state index contributed by atoms with van der Waals surface area (Å²) in [6, 6.07) is 14.9. The molecule has 0 bridgehead atoms. The Morgan fingerprint density at radius 3 is 2.73 bits per heavy atom. The highest BCUT2D eigenvalue weighted by molar-refractivity contribution is 8.00. The van der Waals surface area contributed by atoms with E-state index in [4.69, 9.17) is 16.9 Å². The van der Waals surface area contributed by atoms with Crippen LogP contribution < -0.4 is 4.90 Å². The highest BCUT2D eigenvalue weighted by Crippen LogP contribution is 2.25. The van der Waals surface area contributed by atoms with E-state index in [0.29, 0.717) is 16.6 Å². The Balaban J connectivity index is 2.06. The molecule has 4 nitrogen and oxygen atoms in total. The predicted molar refractivity (Wildman–Crippen MR) is 89.0 cm³/mol. The van der Waals surface area contributed by atoms with E-state index in [1.54, 1.807) is 23.2 Å². The Labute approximate surface area is 138 Å². The summed E-state index contributed by atoms with van der Waals surface area (Å²) in [5, 5.41) is 9.93. The van der Waals surface area contributed by atoms with Gasteiger partial charge in [-0.1, -0.05) is 41.6 Å². The SMILES string of the molecule is N#CCCN(C(=O)CSc1ncccc1Cl)c1ccccc1. The van der Waals surface area contributed by atoms with E-state index < -0.39 is 0 Å². The van der Waals surface area contributed by atoms with Gasteiger partial charge in [0, 0.05) is 18.4 Å². The zero-order valence-corrected chi connectivity index (χ0v) is 13.3. The van der Waals surface area contributed by atoms with Crippen molar-refractivity contribution in [1.82, 2.24) is 4.98 Å². The van der Waals surface area contributed by atoms with E-state index >= 15 is 0 Å². The second-order valence-corrected chi connectivity index (χ2v) is 5.74. The first-order valence-corrected chi connectivity index (χ1v) is 8.04. The molecule has 2 aromatic rings. The number of benzene rings is 1. The van der Waals surface area contributed by atoms with Crippen LogP contribution in [0.3, 0.4) is 0 Å². The predicted octanol–water partition coefficient (Wildman–Crippen LogP) is 3.77. The number of amides is 1. The summed E-state index contributed by atoms with van der Waals surface area (Å²) in [6.07, 6.45) is 1.93. The summed E-state index contributed by atoms with van der Waals surface area (Å²) in [6.45, 7) is 0.371. The van der Waals surface area contributed by atoms with Crippen LogP contribution in [0.5, 0.6) is 0 Å². The lowest BCUT2D eigenvalue weighted by atomic mass is 10.2. The first-order chi connectivity index (χ1) is 10.7. The Kier molecular flexibility index (Phi) is 6.26. The maximum absolute atomic E-state index is 12.5.